The van der Waals surface area contributed by atoms with E-state index in [1.54, 1.807) is 25.1 Å². The second-order valence-corrected chi connectivity index (χ2v) is 5.37. The van der Waals surface area contributed by atoms with Gasteiger partial charge in [-0.3, -0.25) is 4.79 Å². The molecule has 0 saturated carbocycles. The highest BCUT2D eigenvalue weighted by Gasteiger charge is 2.40. The Morgan fingerprint density at radius 2 is 2.00 bits per heavy atom. The van der Waals surface area contributed by atoms with Gasteiger partial charge in [0.25, 0.3) is 0 Å². The maximum atomic E-state index is 13.6. The highest BCUT2D eigenvalue weighted by Crippen LogP contribution is 2.30. The number of aliphatic hydroxyl groups is 1. The van der Waals surface area contributed by atoms with E-state index >= 15 is 0 Å². The largest absolute Gasteiger partial charge is 0.469 e. The van der Waals surface area contributed by atoms with Crippen LogP contribution in [0.25, 0.3) is 0 Å². The van der Waals surface area contributed by atoms with Crippen LogP contribution in [0.4, 0.5) is 4.39 Å². The summed E-state index contributed by atoms with van der Waals surface area (Å²) in [6.07, 6.45) is 0.0671. The van der Waals surface area contributed by atoms with E-state index in [9.17, 15) is 14.3 Å². The molecule has 0 bridgehead atoms. The van der Waals surface area contributed by atoms with Crippen molar-refractivity contribution >= 4 is 5.97 Å². The minimum atomic E-state index is -1.36. The lowest BCUT2D eigenvalue weighted by atomic mass is 9.77. The molecule has 0 radical (unpaired) electrons. The Labute approximate surface area is 113 Å². The first-order valence-corrected chi connectivity index (χ1v) is 6.33. The number of rotatable bonds is 5. The molecule has 0 aliphatic heterocycles. The van der Waals surface area contributed by atoms with Gasteiger partial charge < -0.3 is 9.84 Å². The lowest BCUT2D eigenvalue weighted by molar-refractivity contribution is -0.158. The number of ether oxygens (including phenoxy) is 1. The Kier molecular flexibility index (Phi) is 5.06. The average molecular weight is 268 g/mol. The van der Waals surface area contributed by atoms with E-state index < -0.39 is 17.5 Å². The van der Waals surface area contributed by atoms with E-state index in [-0.39, 0.29) is 18.2 Å². The molecular formula is C15H21FO3. The van der Waals surface area contributed by atoms with Gasteiger partial charge in [0.15, 0.2) is 0 Å². The molecule has 0 heterocycles. The number of hydrogen-bond donors (Lipinski definition) is 1. The van der Waals surface area contributed by atoms with Gasteiger partial charge in [-0.15, -0.1) is 0 Å². The summed E-state index contributed by atoms with van der Waals surface area (Å²) >= 11 is 0. The van der Waals surface area contributed by atoms with Gasteiger partial charge in [0.05, 0.1) is 18.6 Å². The van der Waals surface area contributed by atoms with Crippen molar-refractivity contribution in [3.05, 3.63) is 35.6 Å². The van der Waals surface area contributed by atoms with Gasteiger partial charge in [-0.05, 0) is 24.5 Å². The third-order valence-corrected chi connectivity index (χ3v) is 3.30. The summed E-state index contributed by atoms with van der Waals surface area (Å²) in [4.78, 5) is 11.8. The van der Waals surface area contributed by atoms with Crippen LogP contribution in [0.2, 0.25) is 0 Å². The van der Waals surface area contributed by atoms with Crippen LogP contribution in [0.15, 0.2) is 24.3 Å². The van der Waals surface area contributed by atoms with E-state index in [1.165, 1.54) is 13.2 Å². The van der Waals surface area contributed by atoms with Gasteiger partial charge in [-0.25, -0.2) is 4.39 Å². The molecule has 0 amide bonds. The van der Waals surface area contributed by atoms with Gasteiger partial charge in [-0.2, -0.15) is 0 Å². The van der Waals surface area contributed by atoms with Crippen molar-refractivity contribution in [2.24, 2.45) is 11.8 Å². The Bertz CT molecular complexity index is 441. The second-order valence-electron chi connectivity index (χ2n) is 5.37. The zero-order valence-corrected chi connectivity index (χ0v) is 11.8. The zero-order chi connectivity index (χ0) is 14.6. The lowest BCUT2D eigenvalue weighted by Crippen LogP contribution is -2.45. The number of esters is 1. The Balaban J connectivity index is 3.01. The molecule has 1 N–H and O–H groups in total. The fourth-order valence-corrected chi connectivity index (χ4v) is 2.51. The fraction of sp³-hybridized carbons (Fsp3) is 0.533. The molecule has 0 fully saturated rings. The summed E-state index contributed by atoms with van der Waals surface area (Å²) in [5.74, 6) is -1.65. The molecule has 1 aromatic carbocycles. The van der Waals surface area contributed by atoms with E-state index in [0.717, 1.165) is 0 Å². The van der Waals surface area contributed by atoms with Crippen molar-refractivity contribution in [2.45, 2.75) is 32.8 Å². The number of benzene rings is 1. The monoisotopic (exact) mass is 268 g/mol. The normalized spacial score (nSPS) is 15.9. The van der Waals surface area contributed by atoms with Crippen LogP contribution >= 0.6 is 0 Å². The molecule has 0 spiro atoms. The minimum absolute atomic E-state index is 0.0671. The SMILES string of the molecule is COC(=O)C(C(C)C)C(C)(O)Cc1ccccc1F. The Morgan fingerprint density at radius 3 is 2.47 bits per heavy atom. The van der Waals surface area contributed by atoms with Gasteiger partial charge in [0.2, 0.25) is 0 Å². The molecule has 0 saturated heterocycles. The van der Waals surface area contributed by atoms with Crippen LogP contribution < -0.4 is 0 Å². The smallest absolute Gasteiger partial charge is 0.311 e. The first kappa shape index (κ1) is 15.6. The van der Waals surface area contributed by atoms with Crippen molar-refractivity contribution in [2.75, 3.05) is 7.11 Å². The third kappa shape index (κ3) is 3.77. The molecule has 1 aromatic rings. The number of methoxy groups -OCH3 is 1. The van der Waals surface area contributed by atoms with Crippen LogP contribution in [0, 0.1) is 17.7 Å². The van der Waals surface area contributed by atoms with Gasteiger partial charge in [-0.1, -0.05) is 32.0 Å². The van der Waals surface area contributed by atoms with E-state index in [0.29, 0.717) is 5.56 Å². The topological polar surface area (TPSA) is 46.5 Å². The van der Waals surface area contributed by atoms with Crippen molar-refractivity contribution in [3.8, 4) is 0 Å². The molecular weight excluding hydrogens is 247 g/mol. The van der Waals surface area contributed by atoms with Crippen molar-refractivity contribution in [1.82, 2.24) is 0 Å². The molecule has 2 atom stereocenters. The molecule has 3 nitrogen and oxygen atoms in total. The van der Waals surface area contributed by atoms with E-state index in [4.69, 9.17) is 4.74 Å². The molecule has 106 valence electrons. The zero-order valence-electron chi connectivity index (χ0n) is 11.8. The van der Waals surface area contributed by atoms with Gasteiger partial charge in [0, 0.05) is 6.42 Å². The van der Waals surface area contributed by atoms with Crippen LogP contribution in [-0.4, -0.2) is 23.8 Å². The summed E-state index contributed by atoms with van der Waals surface area (Å²) in [6.45, 7) is 5.20. The third-order valence-electron chi connectivity index (χ3n) is 3.30. The summed E-state index contributed by atoms with van der Waals surface area (Å²) in [7, 11) is 1.29. The molecule has 1 rings (SSSR count). The van der Waals surface area contributed by atoms with Crippen molar-refractivity contribution < 1.29 is 19.0 Å². The number of carbonyl (C=O) groups is 1. The van der Waals surface area contributed by atoms with Gasteiger partial charge >= 0.3 is 5.97 Å². The molecule has 19 heavy (non-hydrogen) atoms. The Hall–Kier alpha value is -1.42. The maximum absolute atomic E-state index is 13.6. The predicted octanol–water partition coefficient (Wildman–Crippen LogP) is 2.56. The minimum Gasteiger partial charge on any atom is -0.469 e. The average Bonchev–Trinajstić information content (AvgIpc) is 2.30. The fourth-order valence-electron chi connectivity index (χ4n) is 2.51. The second kappa shape index (κ2) is 6.15. The molecule has 4 heteroatoms. The number of carbonyl (C=O) groups excluding carboxylic acids is 1. The van der Waals surface area contributed by atoms with Crippen LogP contribution in [0.5, 0.6) is 0 Å². The van der Waals surface area contributed by atoms with Crippen molar-refractivity contribution in [3.63, 3.8) is 0 Å². The number of hydrogen-bond acceptors (Lipinski definition) is 3. The van der Waals surface area contributed by atoms with Crippen molar-refractivity contribution in [1.29, 1.82) is 0 Å². The van der Waals surface area contributed by atoms with E-state index in [2.05, 4.69) is 0 Å². The lowest BCUT2D eigenvalue weighted by Gasteiger charge is -2.33. The molecule has 0 aliphatic carbocycles. The summed E-state index contributed by atoms with van der Waals surface area (Å²) in [5, 5.41) is 10.6. The van der Waals surface area contributed by atoms with Crippen LogP contribution in [0.1, 0.15) is 26.3 Å². The first-order valence-electron chi connectivity index (χ1n) is 6.33. The maximum Gasteiger partial charge on any atom is 0.311 e. The standard InChI is InChI=1S/C15H21FO3/c1-10(2)13(14(17)19-4)15(3,18)9-11-7-5-6-8-12(11)16/h5-8,10,13,18H,9H2,1-4H3. The van der Waals surface area contributed by atoms with Gasteiger partial charge in [0.1, 0.15) is 5.82 Å². The van der Waals surface area contributed by atoms with E-state index in [1.807, 2.05) is 13.8 Å². The number of halogens is 1. The highest BCUT2D eigenvalue weighted by molar-refractivity contribution is 5.74. The summed E-state index contributed by atoms with van der Waals surface area (Å²) < 4.78 is 18.4. The molecule has 0 aliphatic rings. The quantitative estimate of drug-likeness (QED) is 0.835. The predicted molar refractivity (Wildman–Crippen MR) is 71.1 cm³/mol. The Morgan fingerprint density at radius 1 is 1.42 bits per heavy atom. The first-order chi connectivity index (χ1) is 8.79. The molecule has 0 aromatic heterocycles. The summed E-state index contributed by atoms with van der Waals surface area (Å²) in [5.41, 5.74) is -0.967. The van der Waals surface area contributed by atoms with Crippen LogP contribution in [0.3, 0.4) is 0 Å². The van der Waals surface area contributed by atoms with Crippen LogP contribution in [-0.2, 0) is 16.0 Å². The molecule has 2 unspecified atom stereocenters. The highest BCUT2D eigenvalue weighted by atomic mass is 19.1. The summed E-state index contributed by atoms with van der Waals surface area (Å²) in [6, 6.07) is 6.25.